The van der Waals surface area contributed by atoms with Gasteiger partial charge in [0, 0.05) is 17.2 Å². The summed E-state index contributed by atoms with van der Waals surface area (Å²) in [4.78, 5) is 11.9. The van der Waals surface area contributed by atoms with Crippen LogP contribution in [0.25, 0.3) is 0 Å². The molecule has 1 aromatic heterocycles. The Kier molecular flexibility index (Phi) is 4.85. The summed E-state index contributed by atoms with van der Waals surface area (Å²) in [7, 11) is 0. The molecular formula is C16H19BrN2O2. The number of ether oxygens (including phenoxy) is 1. The number of halogens is 1. The van der Waals surface area contributed by atoms with Gasteiger partial charge in [-0.3, -0.25) is 0 Å². The van der Waals surface area contributed by atoms with E-state index in [2.05, 4.69) is 15.9 Å². The lowest BCUT2D eigenvalue weighted by Gasteiger charge is -2.27. The van der Waals surface area contributed by atoms with E-state index in [0.29, 0.717) is 18.8 Å². The third-order valence-corrected chi connectivity index (χ3v) is 3.79. The maximum atomic E-state index is 11.9. The molecule has 0 spiro atoms. The van der Waals surface area contributed by atoms with Crippen LogP contribution in [0.5, 0.6) is 0 Å². The van der Waals surface area contributed by atoms with Gasteiger partial charge in [-0.05, 0) is 43.7 Å². The van der Waals surface area contributed by atoms with Crippen LogP contribution >= 0.6 is 15.9 Å². The Balaban J connectivity index is 2.25. The van der Waals surface area contributed by atoms with Gasteiger partial charge >= 0.3 is 5.97 Å². The number of nitrogens with zero attached hydrogens (tertiary/aromatic N) is 1. The van der Waals surface area contributed by atoms with Crippen molar-refractivity contribution in [1.82, 2.24) is 4.57 Å². The predicted octanol–water partition coefficient (Wildman–Crippen LogP) is 3.30. The van der Waals surface area contributed by atoms with E-state index in [0.717, 1.165) is 10.0 Å². The molecule has 112 valence electrons. The number of carbonyl (C=O) groups excluding carboxylic acids is 1. The van der Waals surface area contributed by atoms with Crippen molar-refractivity contribution in [1.29, 1.82) is 0 Å². The van der Waals surface area contributed by atoms with Crippen LogP contribution in [0.2, 0.25) is 0 Å². The largest absolute Gasteiger partial charge is 0.461 e. The number of aromatic nitrogens is 1. The molecule has 5 heteroatoms. The number of esters is 1. The van der Waals surface area contributed by atoms with Crippen LogP contribution in [0.1, 0.15) is 29.9 Å². The van der Waals surface area contributed by atoms with Crippen LogP contribution in [0.3, 0.4) is 0 Å². The molecule has 2 rings (SSSR count). The average molecular weight is 351 g/mol. The molecule has 1 atom stereocenters. The van der Waals surface area contributed by atoms with Crippen molar-refractivity contribution in [3.8, 4) is 0 Å². The quantitative estimate of drug-likeness (QED) is 0.841. The molecule has 0 fully saturated rings. The lowest BCUT2D eigenvalue weighted by molar-refractivity contribution is 0.0512. The third-order valence-electron chi connectivity index (χ3n) is 3.30. The second-order valence-electron chi connectivity index (χ2n) is 5.17. The van der Waals surface area contributed by atoms with E-state index in [-0.39, 0.29) is 5.97 Å². The Morgan fingerprint density at radius 1 is 1.38 bits per heavy atom. The number of rotatable bonds is 5. The SMILES string of the molecule is CCOC(=O)c1cccn1CC(C)(N)c1cccc(Br)c1. The molecular weight excluding hydrogens is 332 g/mol. The molecule has 0 saturated carbocycles. The fourth-order valence-corrected chi connectivity index (χ4v) is 2.63. The smallest absolute Gasteiger partial charge is 0.354 e. The van der Waals surface area contributed by atoms with Crippen LogP contribution in [0, 0.1) is 0 Å². The Labute approximate surface area is 133 Å². The van der Waals surface area contributed by atoms with Gasteiger partial charge in [0.15, 0.2) is 0 Å². The van der Waals surface area contributed by atoms with Gasteiger partial charge in [0.2, 0.25) is 0 Å². The lowest BCUT2D eigenvalue weighted by atomic mass is 9.93. The predicted molar refractivity (Wildman–Crippen MR) is 86.1 cm³/mol. The standard InChI is InChI=1S/C16H19BrN2O2/c1-3-21-15(20)14-8-5-9-19(14)11-16(2,18)12-6-4-7-13(17)10-12/h4-10H,3,11,18H2,1-2H3. The molecule has 0 bridgehead atoms. The van der Waals surface area contributed by atoms with Crippen molar-refractivity contribution in [3.63, 3.8) is 0 Å². The highest BCUT2D eigenvalue weighted by Gasteiger charge is 2.24. The average Bonchev–Trinajstić information content (AvgIpc) is 2.86. The molecule has 2 aromatic rings. The molecule has 2 N–H and O–H groups in total. The summed E-state index contributed by atoms with van der Waals surface area (Å²) in [5, 5.41) is 0. The third kappa shape index (κ3) is 3.74. The number of nitrogens with two attached hydrogens (primary N) is 1. The first-order valence-corrected chi connectivity index (χ1v) is 7.60. The zero-order chi connectivity index (χ0) is 15.5. The Hall–Kier alpha value is -1.59. The molecule has 0 aliphatic rings. The fraction of sp³-hybridized carbons (Fsp3) is 0.312. The van der Waals surface area contributed by atoms with E-state index in [4.69, 9.17) is 10.5 Å². The van der Waals surface area contributed by atoms with E-state index in [9.17, 15) is 4.79 Å². The summed E-state index contributed by atoms with van der Waals surface area (Å²) in [6.45, 7) is 4.59. The zero-order valence-corrected chi connectivity index (χ0v) is 13.8. The summed E-state index contributed by atoms with van der Waals surface area (Å²) < 4.78 is 7.87. The number of hydrogen-bond donors (Lipinski definition) is 1. The van der Waals surface area contributed by atoms with Crippen LogP contribution in [0.4, 0.5) is 0 Å². The highest BCUT2D eigenvalue weighted by molar-refractivity contribution is 9.10. The number of carbonyl (C=O) groups is 1. The summed E-state index contributed by atoms with van der Waals surface area (Å²) in [5.74, 6) is -0.326. The summed E-state index contributed by atoms with van der Waals surface area (Å²) in [6, 6.07) is 11.5. The number of benzene rings is 1. The minimum Gasteiger partial charge on any atom is -0.461 e. The van der Waals surface area contributed by atoms with E-state index in [1.807, 2.05) is 48.0 Å². The van der Waals surface area contributed by atoms with E-state index >= 15 is 0 Å². The summed E-state index contributed by atoms with van der Waals surface area (Å²) in [6.07, 6.45) is 1.84. The minimum absolute atomic E-state index is 0.326. The highest BCUT2D eigenvalue weighted by atomic mass is 79.9. The molecule has 21 heavy (non-hydrogen) atoms. The molecule has 1 aromatic carbocycles. The van der Waals surface area contributed by atoms with Gasteiger partial charge in [0.1, 0.15) is 5.69 Å². The highest BCUT2D eigenvalue weighted by Crippen LogP contribution is 2.24. The first-order valence-electron chi connectivity index (χ1n) is 6.81. The van der Waals surface area contributed by atoms with Gasteiger partial charge in [0.25, 0.3) is 0 Å². The van der Waals surface area contributed by atoms with Crippen LogP contribution in [-0.2, 0) is 16.8 Å². The molecule has 4 nitrogen and oxygen atoms in total. The lowest BCUT2D eigenvalue weighted by Crippen LogP contribution is -2.38. The van der Waals surface area contributed by atoms with Gasteiger partial charge in [0.05, 0.1) is 12.1 Å². The second kappa shape index (κ2) is 6.45. The molecule has 0 aliphatic heterocycles. The van der Waals surface area contributed by atoms with Gasteiger partial charge in [-0.1, -0.05) is 28.1 Å². The topological polar surface area (TPSA) is 57.2 Å². The Morgan fingerprint density at radius 3 is 2.81 bits per heavy atom. The van der Waals surface area contributed by atoms with E-state index < -0.39 is 5.54 Å². The van der Waals surface area contributed by atoms with Crippen molar-refractivity contribution in [2.24, 2.45) is 5.73 Å². The Bertz CT molecular complexity index is 635. The summed E-state index contributed by atoms with van der Waals surface area (Å²) in [5.41, 5.74) is 7.37. The molecule has 0 aliphatic carbocycles. The van der Waals surface area contributed by atoms with Crippen molar-refractivity contribution < 1.29 is 9.53 Å². The normalized spacial score (nSPS) is 13.7. The van der Waals surface area contributed by atoms with Crippen molar-refractivity contribution >= 4 is 21.9 Å². The molecule has 0 saturated heterocycles. The van der Waals surface area contributed by atoms with Crippen molar-refractivity contribution in [2.75, 3.05) is 6.61 Å². The zero-order valence-electron chi connectivity index (χ0n) is 12.2. The van der Waals surface area contributed by atoms with Gasteiger partial charge in [-0.15, -0.1) is 0 Å². The van der Waals surface area contributed by atoms with Crippen molar-refractivity contribution in [2.45, 2.75) is 25.9 Å². The van der Waals surface area contributed by atoms with Crippen LogP contribution in [0.15, 0.2) is 47.1 Å². The van der Waals surface area contributed by atoms with Crippen molar-refractivity contribution in [3.05, 3.63) is 58.3 Å². The molecule has 1 unspecified atom stereocenters. The van der Waals surface area contributed by atoms with Crippen LogP contribution < -0.4 is 5.73 Å². The van der Waals surface area contributed by atoms with E-state index in [1.165, 1.54) is 0 Å². The second-order valence-corrected chi connectivity index (χ2v) is 6.09. The molecule has 0 amide bonds. The fourth-order valence-electron chi connectivity index (χ4n) is 2.23. The summed E-state index contributed by atoms with van der Waals surface area (Å²) >= 11 is 3.45. The Morgan fingerprint density at radius 2 is 2.14 bits per heavy atom. The first kappa shape index (κ1) is 15.8. The molecule has 0 radical (unpaired) electrons. The maximum Gasteiger partial charge on any atom is 0.354 e. The first-order chi connectivity index (χ1) is 9.94. The number of hydrogen-bond acceptors (Lipinski definition) is 3. The van der Waals surface area contributed by atoms with Crippen LogP contribution in [-0.4, -0.2) is 17.1 Å². The van der Waals surface area contributed by atoms with Gasteiger partial charge in [-0.2, -0.15) is 0 Å². The maximum absolute atomic E-state index is 11.9. The molecule has 1 heterocycles. The van der Waals surface area contributed by atoms with Gasteiger partial charge < -0.3 is 15.0 Å². The van der Waals surface area contributed by atoms with Gasteiger partial charge in [-0.25, -0.2) is 4.79 Å². The monoisotopic (exact) mass is 350 g/mol. The van der Waals surface area contributed by atoms with E-state index in [1.54, 1.807) is 13.0 Å². The minimum atomic E-state index is -0.593.